The van der Waals surface area contributed by atoms with Gasteiger partial charge in [0.15, 0.2) is 0 Å². The van der Waals surface area contributed by atoms with Crippen LogP contribution in [-0.2, 0) is 68.9 Å². The van der Waals surface area contributed by atoms with Crippen molar-refractivity contribution in [2.24, 2.45) is 11.8 Å². The minimum absolute atomic E-state index is 0. The van der Waals surface area contributed by atoms with Gasteiger partial charge in [0.05, 0.1) is 6.61 Å². The van der Waals surface area contributed by atoms with Gasteiger partial charge in [-0.2, -0.15) is 0 Å². The minimum Gasteiger partial charge on any atom is -0.870 e. The summed E-state index contributed by atoms with van der Waals surface area (Å²) in [6.45, 7) is 12.7. The number of alkyl carbamates (subject to hydrolysis) is 2. The van der Waals surface area contributed by atoms with Crippen LogP contribution in [0.25, 0.3) is 0 Å². The molecule has 0 bridgehead atoms. The molecule has 0 spiro atoms. The number of carbonyl (C=O) groups excluding carboxylic acids is 7. The van der Waals surface area contributed by atoms with Crippen molar-refractivity contribution in [1.29, 1.82) is 0 Å². The maximum Gasteiger partial charge on any atom is 1.00 e. The zero-order chi connectivity index (χ0) is 66.1. The molecule has 6 amide bonds. The van der Waals surface area contributed by atoms with Crippen LogP contribution in [0.15, 0.2) is 109 Å². The van der Waals surface area contributed by atoms with E-state index in [2.05, 4.69) is 21.3 Å². The summed E-state index contributed by atoms with van der Waals surface area (Å²) in [5.74, 6) is -1.73. The van der Waals surface area contributed by atoms with Crippen LogP contribution >= 0.6 is 23.2 Å². The molecule has 2 aliphatic carbocycles. The topological polar surface area (TPSA) is 319 Å². The molecule has 10 rings (SSSR count). The standard InChI is InChI=1S/C36H44ClN3O7.C34H40ClN3O7.Li.2H2O/c1-5-45-33(43)36-21-25(36)12-9-7-6-8-10-15-29(38-34(44)47-35(2,3)4)32(42)40-22-23-16-17-28(46-27-14-11-13-26(37)20-27)18-24(23)19-30(40)31(41)39-36;1-33(2,3)45-32(43)36-27-13-8-6-4-5-7-10-23-19-34(23,31(41)42)37-29(39)28-17-22-16-26(44-25-12-9-11-24(35)18-25)15-14-21(22)20-38(28)30(27)40;;;/h9,11-14,16-18,20,25,29-30H,5-8,10,15,19,21-22H2,1-4H3,(H,38,44)(H,39,41);7,9-12,14-16,18,23,27-28H,4-6,8,13,17,19-20H2,1-3H3,(H,36,43)(H,37,39)(H,41,42);;2*1H2/q;;+1;;/p-1/b12-9-;10-7-;;;/t25-,29+,30?,36-;23-,27+,28?,34-;;;/m11.../s1. The number of carboxylic acids is 1. The first-order valence-electron chi connectivity index (χ1n) is 31.8. The third-order valence-corrected chi connectivity index (χ3v) is 17.5. The first-order valence-corrected chi connectivity index (χ1v) is 32.6. The van der Waals surface area contributed by atoms with Crippen LogP contribution in [0.3, 0.4) is 0 Å². The molecule has 22 nitrogen and oxygen atoms in total. The van der Waals surface area contributed by atoms with Crippen LogP contribution in [0.2, 0.25) is 10.0 Å². The number of halogens is 2. The maximum absolute atomic E-state index is 14.4. The summed E-state index contributed by atoms with van der Waals surface area (Å²) in [5.41, 5.74) is -0.826. The predicted molar refractivity (Wildman–Crippen MR) is 351 cm³/mol. The molecule has 0 aromatic heterocycles. The molecule has 0 saturated heterocycles. The molecule has 2 unspecified atom stereocenters. The largest absolute Gasteiger partial charge is 1.00 e. The van der Waals surface area contributed by atoms with Gasteiger partial charge in [-0.25, -0.2) is 19.2 Å². The van der Waals surface area contributed by atoms with E-state index in [0.29, 0.717) is 65.1 Å². The molecule has 95 heavy (non-hydrogen) atoms. The van der Waals surface area contributed by atoms with Crippen molar-refractivity contribution in [3.63, 3.8) is 0 Å². The summed E-state index contributed by atoms with van der Waals surface area (Å²) in [5, 5.41) is 22.5. The summed E-state index contributed by atoms with van der Waals surface area (Å²) in [4.78, 5) is 111. The summed E-state index contributed by atoms with van der Waals surface area (Å²) < 4.78 is 28.4. The van der Waals surface area contributed by atoms with Crippen LogP contribution in [0.5, 0.6) is 23.0 Å². The summed E-state index contributed by atoms with van der Waals surface area (Å²) >= 11 is 12.3. The van der Waals surface area contributed by atoms with Crippen molar-refractivity contribution < 1.29 is 97.0 Å². The van der Waals surface area contributed by atoms with Crippen LogP contribution in [0.1, 0.15) is 148 Å². The Bertz CT molecular complexity index is 3500. The average molecular weight is 1350 g/mol. The Balaban J connectivity index is 0.000000292. The fraction of sp³-hybridized carbons (Fsp3) is 0.486. The zero-order valence-electron chi connectivity index (χ0n) is 55.2. The molecule has 25 heteroatoms. The Morgan fingerprint density at radius 2 is 1.00 bits per heavy atom. The Morgan fingerprint density at radius 3 is 1.41 bits per heavy atom. The van der Waals surface area contributed by atoms with Gasteiger partial charge >= 0.3 is 43.0 Å². The second-order valence-electron chi connectivity index (χ2n) is 26.5. The van der Waals surface area contributed by atoms with Gasteiger partial charge in [0.1, 0.15) is 69.4 Å². The quantitative estimate of drug-likeness (QED) is 0.0459. The Kier molecular flexibility index (Phi) is 26.5. The van der Waals surface area contributed by atoms with Gasteiger partial charge in [-0.05, 0) is 183 Å². The van der Waals surface area contributed by atoms with Gasteiger partial charge in [0.25, 0.3) is 0 Å². The Labute approximate surface area is 576 Å². The maximum atomic E-state index is 14.4. The number of rotatable bonds is 9. The summed E-state index contributed by atoms with van der Waals surface area (Å²) in [7, 11) is 0. The van der Waals surface area contributed by atoms with Crippen molar-refractivity contribution in [2.75, 3.05) is 6.61 Å². The summed E-state index contributed by atoms with van der Waals surface area (Å²) in [6.07, 6.45) is 14.6. The third kappa shape index (κ3) is 20.0. The van der Waals surface area contributed by atoms with Crippen molar-refractivity contribution >= 4 is 71.0 Å². The number of allylic oxidation sites excluding steroid dienone is 2. The van der Waals surface area contributed by atoms with E-state index in [9.17, 15) is 43.5 Å². The molecule has 508 valence electrons. The number of carbonyl (C=O) groups is 8. The van der Waals surface area contributed by atoms with E-state index in [1.807, 2.05) is 54.6 Å². The number of ether oxygens (including phenoxy) is 5. The van der Waals surface area contributed by atoms with Crippen molar-refractivity contribution in [1.82, 2.24) is 31.1 Å². The molecule has 2 fully saturated rings. The molecular formula is C70H87Cl2LiN6O16. The summed E-state index contributed by atoms with van der Waals surface area (Å²) in [6, 6.07) is 21.3. The second kappa shape index (κ2) is 32.9. The minimum atomic E-state index is -1.42. The van der Waals surface area contributed by atoms with E-state index in [1.165, 1.54) is 9.80 Å². The molecule has 4 aliphatic heterocycles. The first kappa shape index (κ1) is 76.4. The Hall–Kier alpha value is -7.58. The monoisotopic (exact) mass is 1340 g/mol. The predicted octanol–water partition coefficient (Wildman–Crippen LogP) is 8.00. The molecule has 6 aliphatic rings. The molecule has 4 aromatic rings. The van der Waals surface area contributed by atoms with E-state index in [-0.39, 0.29) is 86.5 Å². The van der Waals surface area contributed by atoms with Crippen molar-refractivity contribution in [3.05, 3.63) is 142 Å². The number of hydrogen-bond donors (Lipinski definition) is 5. The third-order valence-electron chi connectivity index (χ3n) is 17.0. The Morgan fingerprint density at radius 1 is 0.589 bits per heavy atom. The molecule has 8 atom stereocenters. The van der Waals surface area contributed by atoms with Gasteiger partial charge in [0, 0.05) is 47.8 Å². The van der Waals surface area contributed by atoms with Crippen molar-refractivity contribution in [3.8, 4) is 23.0 Å². The van der Waals surface area contributed by atoms with Crippen LogP contribution in [0, 0.1) is 11.8 Å². The number of aliphatic carboxylic acids is 1. The number of nitrogens with one attached hydrogen (secondary N) is 4. The van der Waals surface area contributed by atoms with Gasteiger partial charge in [-0.15, -0.1) is 0 Å². The van der Waals surface area contributed by atoms with Crippen molar-refractivity contribution in [2.45, 2.75) is 198 Å². The first-order chi connectivity index (χ1) is 43.7. The van der Waals surface area contributed by atoms with Crippen LogP contribution in [-0.4, -0.2) is 127 Å². The zero-order valence-corrected chi connectivity index (χ0v) is 56.7. The van der Waals surface area contributed by atoms with Gasteiger partial charge in [0.2, 0.25) is 23.6 Å². The fourth-order valence-corrected chi connectivity index (χ4v) is 12.6. The van der Waals surface area contributed by atoms with Gasteiger partial charge in [-0.3, -0.25) is 19.2 Å². The van der Waals surface area contributed by atoms with Gasteiger partial charge in [-0.1, -0.05) is 97.5 Å². The van der Waals surface area contributed by atoms with E-state index in [0.717, 1.165) is 60.8 Å². The molecule has 0 radical (unpaired) electrons. The molecule has 8 N–H and O–H groups in total. The molecule has 2 saturated carbocycles. The van der Waals surface area contributed by atoms with E-state index < -0.39 is 88.3 Å². The molecule has 4 aromatic carbocycles. The normalized spacial score (nSPS) is 24.9. The van der Waals surface area contributed by atoms with Crippen LogP contribution < -0.4 is 49.6 Å². The smallest absolute Gasteiger partial charge is 0.870 e. The van der Waals surface area contributed by atoms with Gasteiger partial charge < -0.3 is 70.8 Å². The number of esters is 1. The molecular weight excluding hydrogens is 1260 g/mol. The average Bonchev–Trinajstić information content (AvgIpc) is 1.65. The number of carboxylic acid groups (broad SMARTS) is 1. The number of benzene rings is 4. The number of nitrogens with zero attached hydrogens (tertiary/aromatic N) is 2. The SMILES string of the molecule is CC(C)(C)OC(=O)N[C@H]1CCCCC/C=C\[C@@H]2C[C@@]2(C(=O)O)NC(=O)C2Cc3cc(Oc4cccc(Cl)c4)ccc3CN2C1=O.CCOC(=O)[C@@]12C[C@H]1/C=C\CCCCC[C@H](NC(=O)OC(C)(C)C)C(=O)N1Cc3ccc(Oc4cccc(Cl)c4)cc3CC1C(=O)N2.O.[Li+].[OH-]. The number of fused-ring (bicyclic) bond motifs is 6. The number of hydrogen-bond acceptors (Lipinski definition) is 14. The van der Waals surface area contributed by atoms with E-state index in [4.69, 9.17) is 46.9 Å². The van der Waals surface area contributed by atoms with E-state index in [1.54, 1.807) is 103 Å². The van der Waals surface area contributed by atoms with E-state index >= 15 is 0 Å². The number of amides is 6. The fourth-order valence-electron chi connectivity index (χ4n) is 12.2. The van der Waals surface area contributed by atoms with Crippen LogP contribution in [0.4, 0.5) is 9.59 Å². The second-order valence-corrected chi connectivity index (χ2v) is 27.3. The molecule has 4 heterocycles.